The summed E-state index contributed by atoms with van der Waals surface area (Å²) in [7, 11) is 2.21. The molecule has 1 aliphatic heterocycles. The second-order valence-electron chi connectivity index (χ2n) is 4.03. The van der Waals surface area contributed by atoms with Gasteiger partial charge in [0.05, 0.1) is 5.00 Å². The molecule has 0 aliphatic carbocycles. The molecule has 2 nitrogen and oxygen atoms in total. The molecule has 1 aromatic heterocycles. The van der Waals surface area contributed by atoms with E-state index in [4.69, 9.17) is 0 Å². The maximum Gasteiger partial charge on any atom is 0.0911 e. The van der Waals surface area contributed by atoms with Crippen LogP contribution in [0.4, 0.5) is 5.00 Å². The highest BCUT2D eigenvalue weighted by Gasteiger charge is 2.13. The molecule has 0 spiro atoms. The number of likely N-dealkylation sites (N-methyl/N-ethyl adjacent to an activating group) is 1. The van der Waals surface area contributed by atoms with Gasteiger partial charge < -0.3 is 9.80 Å². The van der Waals surface area contributed by atoms with Crippen LogP contribution >= 0.6 is 11.3 Å². The van der Waals surface area contributed by atoms with Crippen molar-refractivity contribution in [3.63, 3.8) is 0 Å². The summed E-state index contributed by atoms with van der Waals surface area (Å²) in [6.07, 6.45) is 1.29. The second kappa shape index (κ2) is 4.32. The Balaban J connectivity index is 2.04. The molecule has 0 unspecified atom stereocenters. The van der Waals surface area contributed by atoms with Crippen LogP contribution in [-0.2, 0) is 0 Å². The zero-order valence-corrected chi connectivity index (χ0v) is 9.81. The first-order valence-electron chi connectivity index (χ1n) is 5.25. The van der Waals surface area contributed by atoms with Crippen LogP contribution in [0, 0.1) is 6.92 Å². The lowest BCUT2D eigenvalue weighted by Gasteiger charge is -2.20. The molecule has 0 bridgehead atoms. The summed E-state index contributed by atoms with van der Waals surface area (Å²) in [6, 6.07) is 4.47. The molecule has 1 saturated heterocycles. The number of hydrogen-bond donors (Lipinski definition) is 0. The Morgan fingerprint density at radius 2 is 2.00 bits per heavy atom. The van der Waals surface area contributed by atoms with E-state index in [0.717, 1.165) is 0 Å². The number of nitrogens with zero attached hydrogens (tertiary/aromatic N) is 2. The smallest absolute Gasteiger partial charge is 0.0911 e. The third-order valence-electron chi connectivity index (χ3n) is 2.76. The summed E-state index contributed by atoms with van der Waals surface area (Å²) < 4.78 is 0. The van der Waals surface area contributed by atoms with Crippen LogP contribution in [-0.4, -0.2) is 38.1 Å². The Hall–Kier alpha value is -0.540. The second-order valence-corrected chi connectivity index (χ2v) is 5.29. The maximum absolute atomic E-state index is 2.52. The van der Waals surface area contributed by atoms with E-state index in [0.29, 0.717) is 0 Å². The fourth-order valence-electron chi connectivity index (χ4n) is 1.86. The molecular formula is C11H18N2S. The fraction of sp³-hybridized carbons (Fsp3) is 0.636. The summed E-state index contributed by atoms with van der Waals surface area (Å²) in [5.74, 6) is 0. The minimum atomic E-state index is 1.18. The molecule has 1 aliphatic rings. The van der Waals surface area contributed by atoms with Gasteiger partial charge in [-0.1, -0.05) is 0 Å². The molecule has 14 heavy (non-hydrogen) atoms. The maximum atomic E-state index is 2.52. The van der Waals surface area contributed by atoms with Crippen molar-refractivity contribution < 1.29 is 0 Å². The molecular weight excluding hydrogens is 192 g/mol. The first kappa shape index (κ1) is 9.99. The molecule has 78 valence electrons. The molecule has 1 fully saturated rings. The van der Waals surface area contributed by atoms with E-state index < -0.39 is 0 Å². The van der Waals surface area contributed by atoms with Crippen molar-refractivity contribution in [2.45, 2.75) is 13.3 Å². The van der Waals surface area contributed by atoms with Gasteiger partial charge in [-0.15, -0.1) is 11.3 Å². The van der Waals surface area contributed by atoms with Gasteiger partial charge in [0.2, 0.25) is 0 Å². The monoisotopic (exact) mass is 210 g/mol. The molecule has 2 heterocycles. The van der Waals surface area contributed by atoms with E-state index in [2.05, 4.69) is 35.9 Å². The van der Waals surface area contributed by atoms with Crippen molar-refractivity contribution in [2.75, 3.05) is 38.1 Å². The number of aryl methyl sites for hydroxylation is 1. The number of rotatable bonds is 1. The highest BCUT2D eigenvalue weighted by molar-refractivity contribution is 7.16. The molecule has 0 aromatic carbocycles. The van der Waals surface area contributed by atoms with Gasteiger partial charge >= 0.3 is 0 Å². The van der Waals surface area contributed by atoms with Crippen molar-refractivity contribution >= 4 is 16.3 Å². The Bertz CT molecular complexity index is 295. The van der Waals surface area contributed by atoms with E-state index in [1.54, 1.807) is 0 Å². The van der Waals surface area contributed by atoms with Crippen LogP contribution in [0.25, 0.3) is 0 Å². The van der Waals surface area contributed by atoms with E-state index >= 15 is 0 Å². The van der Waals surface area contributed by atoms with Crippen molar-refractivity contribution in [1.82, 2.24) is 4.90 Å². The minimum absolute atomic E-state index is 1.18. The lowest BCUT2D eigenvalue weighted by Crippen LogP contribution is -2.27. The predicted octanol–water partition coefficient (Wildman–Crippen LogP) is 2.20. The van der Waals surface area contributed by atoms with Gasteiger partial charge in [-0.3, -0.25) is 0 Å². The molecule has 0 radical (unpaired) electrons. The standard InChI is InChI=1S/C11H18N2S/c1-10-4-5-11(14-10)13-7-3-6-12(2)8-9-13/h4-5H,3,6-9H2,1-2H3. The number of thiophene rings is 1. The third-order valence-corrected chi connectivity index (χ3v) is 3.82. The molecule has 0 amide bonds. The summed E-state index contributed by atoms with van der Waals surface area (Å²) >= 11 is 1.91. The van der Waals surface area contributed by atoms with E-state index in [1.807, 2.05) is 11.3 Å². The van der Waals surface area contributed by atoms with Crippen LogP contribution in [0.3, 0.4) is 0 Å². The van der Waals surface area contributed by atoms with E-state index in [9.17, 15) is 0 Å². The van der Waals surface area contributed by atoms with Crippen LogP contribution < -0.4 is 4.90 Å². The molecule has 0 atom stereocenters. The van der Waals surface area contributed by atoms with Crippen LogP contribution in [0.15, 0.2) is 12.1 Å². The molecule has 2 rings (SSSR count). The molecule has 1 aromatic rings. The van der Waals surface area contributed by atoms with Gasteiger partial charge in [0.15, 0.2) is 0 Å². The third kappa shape index (κ3) is 2.28. The topological polar surface area (TPSA) is 6.48 Å². The fourth-order valence-corrected chi connectivity index (χ4v) is 2.77. The lowest BCUT2D eigenvalue weighted by atomic mass is 10.4. The van der Waals surface area contributed by atoms with Gasteiger partial charge in [-0.2, -0.15) is 0 Å². The first-order valence-corrected chi connectivity index (χ1v) is 6.07. The van der Waals surface area contributed by atoms with Gasteiger partial charge in [-0.05, 0) is 39.1 Å². The largest absolute Gasteiger partial charge is 0.362 e. The Morgan fingerprint density at radius 1 is 1.14 bits per heavy atom. The summed E-state index contributed by atoms with van der Waals surface area (Å²) in [6.45, 7) is 7.00. The normalized spacial score (nSPS) is 19.7. The minimum Gasteiger partial charge on any atom is -0.362 e. The van der Waals surface area contributed by atoms with Gasteiger partial charge in [-0.25, -0.2) is 0 Å². The van der Waals surface area contributed by atoms with Crippen molar-refractivity contribution in [3.8, 4) is 0 Å². The number of anilines is 1. The van der Waals surface area contributed by atoms with E-state index in [-0.39, 0.29) is 0 Å². The molecule has 3 heteroatoms. The lowest BCUT2D eigenvalue weighted by molar-refractivity contribution is 0.360. The van der Waals surface area contributed by atoms with Crippen molar-refractivity contribution in [3.05, 3.63) is 17.0 Å². The molecule has 0 N–H and O–H groups in total. The average molecular weight is 210 g/mol. The first-order chi connectivity index (χ1) is 6.75. The number of hydrogen-bond acceptors (Lipinski definition) is 3. The van der Waals surface area contributed by atoms with Crippen molar-refractivity contribution in [1.29, 1.82) is 0 Å². The van der Waals surface area contributed by atoms with Crippen LogP contribution in [0.5, 0.6) is 0 Å². The summed E-state index contributed by atoms with van der Waals surface area (Å²) in [5.41, 5.74) is 0. The zero-order chi connectivity index (χ0) is 9.97. The van der Waals surface area contributed by atoms with Gasteiger partial charge in [0, 0.05) is 24.5 Å². The van der Waals surface area contributed by atoms with Crippen molar-refractivity contribution in [2.24, 2.45) is 0 Å². The summed E-state index contributed by atoms with van der Waals surface area (Å²) in [4.78, 5) is 6.35. The van der Waals surface area contributed by atoms with Gasteiger partial charge in [0.1, 0.15) is 0 Å². The Morgan fingerprint density at radius 3 is 2.71 bits per heavy atom. The quantitative estimate of drug-likeness (QED) is 0.701. The van der Waals surface area contributed by atoms with Crippen LogP contribution in [0.2, 0.25) is 0 Å². The van der Waals surface area contributed by atoms with E-state index in [1.165, 1.54) is 42.5 Å². The summed E-state index contributed by atoms with van der Waals surface area (Å²) in [5, 5.41) is 1.44. The average Bonchev–Trinajstić information content (AvgIpc) is 2.46. The highest BCUT2D eigenvalue weighted by atomic mass is 32.1. The predicted molar refractivity (Wildman–Crippen MR) is 63.4 cm³/mol. The van der Waals surface area contributed by atoms with Gasteiger partial charge in [0.25, 0.3) is 0 Å². The SMILES string of the molecule is Cc1ccc(N2CCCN(C)CC2)s1. The highest BCUT2D eigenvalue weighted by Crippen LogP contribution is 2.25. The molecule has 0 saturated carbocycles. The van der Waals surface area contributed by atoms with Crippen LogP contribution in [0.1, 0.15) is 11.3 Å². The Kier molecular flexibility index (Phi) is 3.08. The Labute approximate surface area is 90.1 Å². The zero-order valence-electron chi connectivity index (χ0n) is 8.99.